The Balaban J connectivity index is 2.65. The first-order chi connectivity index (χ1) is 7.44. The topological polar surface area (TPSA) is 12.0 Å². The highest BCUT2D eigenvalue weighted by Gasteiger charge is 2.28. The minimum atomic E-state index is -4.07. The molecule has 0 saturated carbocycles. The quantitative estimate of drug-likeness (QED) is 0.832. The first kappa shape index (κ1) is 13.5. The third-order valence-electron chi connectivity index (χ3n) is 2.44. The Morgan fingerprint density at radius 2 is 2.06 bits per heavy atom. The van der Waals surface area contributed by atoms with Gasteiger partial charge in [-0.1, -0.05) is 6.92 Å². The van der Waals surface area contributed by atoms with Gasteiger partial charge in [0.25, 0.3) is 0 Å². The molecule has 92 valence electrons. The van der Waals surface area contributed by atoms with E-state index in [2.05, 4.69) is 5.32 Å². The van der Waals surface area contributed by atoms with E-state index in [1.807, 2.05) is 24.6 Å². The van der Waals surface area contributed by atoms with E-state index in [1.54, 1.807) is 0 Å². The highest BCUT2D eigenvalue weighted by Crippen LogP contribution is 2.30. The smallest absolute Gasteiger partial charge is 0.310 e. The predicted octanol–water partition coefficient (Wildman–Crippen LogP) is 4.05. The van der Waals surface area contributed by atoms with Crippen LogP contribution in [0.25, 0.3) is 0 Å². The molecule has 1 heterocycles. The molecule has 0 aliphatic heterocycles. The molecule has 0 saturated heterocycles. The van der Waals surface area contributed by atoms with Gasteiger partial charge in [-0.25, -0.2) is 0 Å². The highest BCUT2D eigenvalue weighted by molar-refractivity contribution is 7.08. The summed E-state index contributed by atoms with van der Waals surface area (Å²) in [5, 5.41) is 7.00. The number of aryl methyl sites for hydroxylation is 1. The second-order valence-corrected chi connectivity index (χ2v) is 4.52. The molecule has 5 heteroatoms. The molecule has 16 heavy (non-hydrogen) atoms. The summed E-state index contributed by atoms with van der Waals surface area (Å²) in [7, 11) is 0. The molecular formula is C11H16F3NS. The van der Waals surface area contributed by atoms with E-state index in [9.17, 15) is 13.2 Å². The van der Waals surface area contributed by atoms with Gasteiger partial charge in [0.2, 0.25) is 0 Å². The van der Waals surface area contributed by atoms with Gasteiger partial charge in [0.15, 0.2) is 0 Å². The molecule has 0 aliphatic carbocycles. The van der Waals surface area contributed by atoms with E-state index < -0.39 is 12.6 Å². The van der Waals surface area contributed by atoms with Crippen LogP contribution in [-0.4, -0.2) is 12.7 Å². The highest BCUT2D eigenvalue weighted by atomic mass is 32.1. The molecule has 1 nitrogen and oxygen atoms in total. The number of thiophene rings is 1. The van der Waals surface area contributed by atoms with Gasteiger partial charge in [0.1, 0.15) is 0 Å². The summed E-state index contributed by atoms with van der Waals surface area (Å²) in [5.41, 5.74) is 2.06. The molecule has 1 aromatic heterocycles. The van der Waals surface area contributed by atoms with Crippen LogP contribution in [0.3, 0.4) is 0 Å². The fourth-order valence-corrected chi connectivity index (χ4v) is 2.55. The number of nitrogens with one attached hydrogen (secondary N) is 1. The Labute approximate surface area is 97.7 Å². The Hall–Kier alpha value is -0.550. The molecule has 1 rings (SSSR count). The van der Waals surface area contributed by atoms with Crippen LogP contribution >= 0.6 is 11.3 Å². The third-order valence-corrected chi connectivity index (χ3v) is 3.32. The van der Waals surface area contributed by atoms with Crippen molar-refractivity contribution in [3.05, 3.63) is 21.9 Å². The van der Waals surface area contributed by atoms with Crippen molar-refractivity contribution >= 4 is 11.3 Å². The van der Waals surface area contributed by atoms with Crippen molar-refractivity contribution in [2.24, 2.45) is 0 Å². The van der Waals surface area contributed by atoms with Crippen LogP contribution in [0, 0.1) is 6.92 Å². The van der Waals surface area contributed by atoms with E-state index in [0.717, 1.165) is 11.1 Å². The largest absolute Gasteiger partial charge is 0.389 e. The first-order valence-corrected chi connectivity index (χ1v) is 6.21. The van der Waals surface area contributed by atoms with Crippen molar-refractivity contribution in [2.75, 3.05) is 6.54 Å². The summed E-state index contributed by atoms with van der Waals surface area (Å²) in [4.78, 5) is 0. The van der Waals surface area contributed by atoms with E-state index in [1.165, 1.54) is 11.3 Å². The standard InChI is InChI=1S/C11H16F3NS/c1-3-15-10(4-5-11(12,13)14)9-7-16-6-8(9)2/h6-7,10,15H,3-5H2,1-2H3. The van der Waals surface area contributed by atoms with Crippen molar-refractivity contribution in [1.29, 1.82) is 0 Å². The van der Waals surface area contributed by atoms with Gasteiger partial charge in [-0.3, -0.25) is 0 Å². The van der Waals surface area contributed by atoms with Gasteiger partial charge in [0, 0.05) is 12.5 Å². The molecular weight excluding hydrogens is 235 g/mol. The molecule has 0 radical (unpaired) electrons. The summed E-state index contributed by atoms with van der Waals surface area (Å²) in [6, 6.07) is -0.183. The normalized spacial score (nSPS) is 14.1. The average molecular weight is 251 g/mol. The SMILES string of the molecule is CCNC(CCC(F)(F)F)c1cscc1C. The van der Waals surface area contributed by atoms with E-state index in [-0.39, 0.29) is 12.5 Å². The van der Waals surface area contributed by atoms with Gasteiger partial charge < -0.3 is 5.32 Å². The molecule has 0 fully saturated rings. The number of alkyl halides is 3. The van der Waals surface area contributed by atoms with E-state index >= 15 is 0 Å². The zero-order valence-corrected chi connectivity index (χ0v) is 10.2. The number of rotatable bonds is 5. The molecule has 0 spiro atoms. The zero-order valence-electron chi connectivity index (χ0n) is 9.40. The lowest BCUT2D eigenvalue weighted by atomic mass is 10.0. The van der Waals surface area contributed by atoms with Gasteiger partial charge in [0.05, 0.1) is 0 Å². The van der Waals surface area contributed by atoms with Crippen LogP contribution in [0.4, 0.5) is 13.2 Å². The first-order valence-electron chi connectivity index (χ1n) is 5.27. The van der Waals surface area contributed by atoms with Crippen LogP contribution < -0.4 is 5.32 Å². The molecule has 0 aromatic carbocycles. The van der Waals surface area contributed by atoms with Crippen molar-refractivity contribution < 1.29 is 13.2 Å². The fourth-order valence-electron chi connectivity index (χ4n) is 1.65. The van der Waals surface area contributed by atoms with Crippen LogP contribution in [0.1, 0.15) is 36.9 Å². The fraction of sp³-hybridized carbons (Fsp3) is 0.636. The third kappa shape index (κ3) is 4.14. The molecule has 0 bridgehead atoms. The van der Waals surface area contributed by atoms with Gasteiger partial charge in [-0.05, 0) is 41.8 Å². The monoisotopic (exact) mass is 251 g/mol. The Morgan fingerprint density at radius 3 is 2.50 bits per heavy atom. The maximum atomic E-state index is 12.2. The summed E-state index contributed by atoms with van der Waals surface area (Å²) in [6.07, 6.45) is -4.70. The molecule has 0 amide bonds. The molecule has 1 unspecified atom stereocenters. The van der Waals surface area contributed by atoms with Gasteiger partial charge in [-0.15, -0.1) is 0 Å². The van der Waals surface area contributed by atoms with Crippen molar-refractivity contribution in [1.82, 2.24) is 5.32 Å². The second-order valence-electron chi connectivity index (χ2n) is 3.77. The van der Waals surface area contributed by atoms with Crippen molar-refractivity contribution in [2.45, 2.75) is 38.9 Å². The number of hydrogen-bond donors (Lipinski definition) is 1. The van der Waals surface area contributed by atoms with Crippen LogP contribution in [0.15, 0.2) is 10.8 Å². The lowest BCUT2D eigenvalue weighted by molar-refractivity contribution is -0.136. The summed E-state index contributed by atoms with van der Waals surface area (Å²) < 4.78 is 36.5. The Bertz CT molecular complexity index is 319. The molecule has 1 aromatic rings. The maximum Gasteiger partial charge on any atom is 0.389 e. The number of halogens is 3. The molecule has 0 aliphatic rings. The van der Waals surface area contributed by atoms with Crippen LogP contribution in [0.5, 0.6) is 0 Å². The minimum Gasteiger partial charge on any atom is -0.310 e. The summed E-state index contributed by atoms with van der Waals surface area (Å²) >= 11 is 1.53. The minimum absolute atomic E-state index is 0.106. The summed E-state index contributed by atoms with van der Waals surface area (Å²) in [6.45, 7) is 4.52. The van der Waals surface area contributed by atoms with Gasteiger partial charge in [-0.2, -0.15) is 24.5 Å². The van der Waals surface area contributed by atoms with E-state index in [0.29, 0.717) is 6.54 Å². The van der Waals surface area contributed by atoms with Crippen LogP contribution in [0.2, 0.25) is 0 Å². The zero-order chi connectivity index (χ0) is 12.2. The Kier molecular flexibility index (Phi) is 4.80. The number of hydrogen-bond acceptors (Lipinski definition) is 2. The lowest BCUT2D eigenvalue weighted by Gasteiger charge is -2.19. The van der Waals surface area contributed by atoms with Crippen molar-refractivity contribution in [3.8, 4) is 0 Å². The van der Waals surface area contributed by atoms with Crippen molar-refractivity contribution in [3.63, 3.8) is 0 Å². The van der Waals surface area contributed by atoms with Gasteiger partial charge >= 0.3 is 6.18 Å². The second kappa shape index (κ2) is 5.68. The maximum absolute atomic E-state index is 12.2. The molecule has 1 N–H and O–H groups in total. The van der Waals surface area contributed by atoms with E-state index in [4.69, 9.17) is 0 Å². The summed E-state index contributed by atoms with van der Waals surface area (Å²) in [5.74, 6) is 0. The lowest BCUT2D eigenvalue weighted by Crippen LogP contribution is -2.23. The average Bonchev–Trinajstić information content (AvgIpc) is 2.57. The predicted molar refractivity (Wildman–Crippen MR) is 60.8 cm³/mol. The van der Waals surface area contributed by atoms with Crippen LogP contribution in [-0.2, 0) is 0 Å². The Morgan fingerprint density at radius 1 is 1.38 bits per heavy atom. The molecule has 1 atom stereocenters.